The van der Waals surface area contributed by atoms with Crippen LogP contribution in [0.3, 0.4) is 0 Å². The van der Waals surface area contributed by atoms with Gasteiger partial charge in [-0.1, -0.05) is 18.2 Å². The molecule has 124 valence electrons. The zero-order valence-electron chi connectivity index (χ0n) is 13.2. The van der Waals surface area contributed by atoms with Crippen molar-refractivity contribution in [2.24, 2.45) is 5.92 Å². The maximum absolute atomic E-state index is 12.0. The molecule has 7 nitrogen and oxygen atoms in total. The molecule has 7 heteroatoms. The lowest BCUT2D eigenvalue weighted by atomic mass is 9.94. The summed E-state index contributed by atoms with van der Waals surface area (Å²) in [6.07, 6.45) is 0.679. The molecule has 0 aromatic heterocycles. The van der Waals surface area contributed by atoms with E-state index in [4.69, 9.17) is 4.74 Å². The summed E-state index contributed by atoms with van der Waals surface area (Å²) in [5, 5.41) is 7.57. The number of para-hydroxylation sites is 1. The van der Waals surface area contributed by atoms with Crippen LogP contribution in [0.15, 0.2) is 24.3 Å². The molecule has 0 aliphatic carbocycles. The van der Waals surface area contributed by atoms with E-state index in [1.165, 1.54) is 0 Å². The first-order valence-corrected chi connectivity index (χ1v) is 7.51. The van der Waals surface area contributed by atoms with E-state index in [1.54, 1.807) is 14.0 Å². The van der Waals surface area contributed by atoms with E-state index in [1.807, 2.05) is 24.3 Å². The summed E-state index contributed by atoms with van der Waals surface area (Å²) < 4.78 is 5.26. The fraction of sp³-hybridized carbons (Fsp3) is 0.438. The molecule has 23 heavy (non-hydrogen) atoms. The molecule has 2 rings (SSSR count). The number of imide groups is 1. The number of carbonyl (C=O) groups excluding carboxylic acids is 3. The van der Waals surface area contributed by atoms with Crippen molar-refractivity contribution < 1.29 is 19.1 Å². The molecule has 0 spiro atoms. The smallest absolute Gasteiger partial charge is 0.321 e. The normalized spacial score (nSPS) is 20.4. The molecule has 1 aliphatic rings. The van der Waals surface area contributed by atoms with E-state index in [0.717, 1.165) is 11.3 Å². The van der Waals surface area contributed by atoms with Gasteiger partial charge in [0.05, 0.1) is 13.0 Å². The summed E-state index contributed by atoms with van der Waals surface area (Å²) in [7, 11) is 1.61. The largest absolute Gasteiger partial charge is 0.496 e. The first kappa shape index (κ1) is 16.8. The first-order chi connectivity index (χ1) is 11.0. The molecule has 4 amide bonds. The van der Waals surface area contributed by atoms with E-state index >= 15 is 0 Å². The number of nitrogens with one attached hydrogen (secondary N) is 3. The Morgan fingerprint density at radius 2 is 2.04 bits per heavy atom. The Bertz CT molecular complexity index is 603. The minimum Gasteiger partial charge on any atom is -0.496 e. The summed E-state index contributed by atoms with van der Waals surface area (Å²) in [4.78, 5) is 34.9. The molecular formula is C16H21N3O4. The average molecular weight is 319 g/mol. The number of amides is 4. The third-order valence-corrected chi connectivity index (χ3v) is 3.85. The Labute approximate surface area is 134 Å². The van der Waals surface area contributed by atoms with Crippen molar-refractivity contribution in [1.29, 1.82) is 0 Å². The highest BCUT2D eigenvalue weighted by molar-refractivity contribution is 6.00. The molecular weight excluding hydrogens is 298 g/mol. The molecule has 2 atom stereocenters. The number of methoxy groups -OCH3 is 1. The highest BCUT2D eigenvalue weighted by Crippen LogP contribution is 2.17. The molecule has 0 bridgehead atoms. The number of rotatable bonds is 6. The fourth-order valence-corrected chi connectivity index (χ4v) is 2.56. The van der Waals surface area contributed by atoms with Gasteiger partial charge in [-0.05, 0) is 25.0 Å². The lowest BCUT2D eigenvalue weighted by Crippen LogP contribution is -2.57. The molecule has 0 saturated carbocycles. The quantitative estimate of drug-likeness (QED) is 0.715. The van der Waals surface area contributed by atoms with Crippen molar-refractivity contribution >= 4 is 17.8 Å². The number of hydrogen-bond acceptors (Lipinski definition) is 4. The van der Waals surface area contributed by atoms with Gasteiger partial charge in [0.1, 0.15) is 5.75 Å². The SMILES string of the molecule is COc1ccccc1CCNC(=O)CC1C(=O)NC(=O)NC1C. The molecule has 1 aromatic rings. The van der Waals surface area contributed by atoms with Crippen molar-refractivity contribution in [2.75, 3.05) is 13.7 Å². The number of urea groups is 1. The van der Waals surface area contributed by atoms with Gasteiger partial charge in [-0.2, -0.15) is 0 Å². The average Bonchev–Trinajstić information content (AvgIpc) is 2.51. The molecule has 1 saturated heterocycles. The summed E-state index contributed by atoms with van der Waals surface area (Å²) >= 11 is 0. The second-order valence-electron chi connectivity index (χ2n) is 5.47. The molecule has 1 aliphatic heterocycles. The summed E-state index contributed by atoms with van der Waals surface area (Å²) in [6.45, 7) is 2.16. The van der Waals surface area contributed by atoms with Gasteiger partial charge >= 0.3 is 6.03 Å². The minimum atomic E-state index is -0.557. The van der Waals surface area contributed by atoms with Gasteiger partial charge in [-0.15, -0.1) is 0 Å². The van der Waals surface area contributed by atoms with Crippen LogP contribution in [-0.4, -0.2) is 37.5 Å². The Morgan fingerprint density at radius 3 is 2.74 bits per heavy atom. The predicted octanol–water partition coefficient (Wildman–Crippen LogP) is 0.588. The van der Waals surface area contributed by atoms with Crippen LogP contribution < -0.4 is 20.7 Å². The lowest BCUT2D eigenvalue weighted by Gasteiger charge is -2.28. The molecule has 0 radical (unpaired) electrons. The Morgan fingerprint density at radius 1 is 1.30 bits per heavy atom. The van der Waals surface area contributed by atoms with E-state index < -0.39 is 17.9 Å². The fourth-order valence-electron chi connectivity index (χ4n) is 2.56. The second kappa shape index (κ2) is 7.62. The Kier molecular flexibility index (Phi) is 5.56. The highest BCUT2D eigenvalue weighted by atomic mass is 16.5. The molecule has 1 heterocycles. The highest BCUT2D eigenvalue weighted by Gasteiger charge is 2.33. The van der Waals surface area contributed by atoms with Crippen molar-refractivity contribution in [3.8, 4) is 5.75 Å². The number of ether oxygens (including phenoxy) is 1. The van der Waals surface area contributed by atoms with Crippen LogP contribution in [0.25, 0.3) is 0 Å². The predicted molar refractivity (Wildman–Crippen MR) is 84.0 cm³/mol. The zero-order valence-corrected chi connectivity index (χ0v) is 13.2. The number of hydrogen-bond donors (Lipinski definition) is 3. The van der Waals surface area contributed by atoms with Crippen LogP contribution in [0, 0.1) is 5.92 Å². The zero-order chi connectivity index (χ0) is 16.8. The monoisotopic (exact) mass is 319 g/mol. The van der Waals surface area contributed by atoms with Gasteiger partial charge in [-0.3, -0.25) is 14.9 Å². The van der Waals surface area contributed by atoms with Gasteiger partial charge in [-0.25, -0.2) is 4.79 Å². The lowest BCUT2D eigenvalue weighted by molar-refractivity contribution is -0.131. The maximum atomic E-state index is 12.0. The second-order valence-corrected chi connectivity index (χ2v) is 5.47. The molecule has 3 N–H and O–H groups in total. The summed E-state index contributed by atoms with van der Waals surface area (Å²) in [6, 6.07) is 6.73. The van der Waals surface area contributed by atoms with Crippen LogP contribution in [0.5, 0.6) is 5.75 Å². The molecule has 1 aromatic carbocycles. The summed E-state index contributed by atoms with van der Waals surface area (Å²) in [5.41, 5.74) is 1.01. The third kappa shape index (κ3) is 4.45. The van der Waals surface area contributed by atoms with Crippen molar-refractivity contribution in [3.05, 3.63) is 29.8 Å². The van der Waals surface area contributed by atoms with Gasteiger partial charge in [0, 0.05) is 19.0 Å². The van der Waals surface area contributed by atoms with Crippen LogP contribution in [-0.2, 0) is 16.0 Å². The Balaban J connectivity index is 1.81. The molecule has 2 unspecified atom stereocenters. The van der Waals surface area contributed by atoms with E-state index in [2.05, 4.69) is 16.0 Å². The molecule has 1 fully saturated rings. The van der Waals surface area contributed by atoms with E-state index in [-0.39, 0.29) is 18.4 Å². The Hall–Kier alpha value is -2.57. The van der Waals surface area contributed by atoms with Gasteiger partial charge in [0.2, 0.25) is 11.8 Å². The standard InChI is InChI=1S/C16H21N3O4/c1-10-12(15(21)19-16(22)18-10)9-14(20)17-8-7-11-5-3-4-6-13(11)23-2/h3-6,10,12H,7-9H2,1-2H3,(H,17,20)(H2,18,19,21,22). The number of carbonyl (C=O) groups is 3. The minimum absolute atomic E-state index is 0.0409. The topological polar surface area (TPSA) is 96.5 Å². The van der Waals surface area contributed by atoms with E-state index in [0.29, 0.717) is 13.0 Å². The van der Waals surface area contributed by atoms with Crippen LogP contribution in [0.1, 0.15) is 18.9 Å². The van der Waals surface area contributed by atoms with Gasteiger partial charge in [0.15, 0.2) is 0 Å². The van der Waals surface area contributed by atoms with Gasteiger partial charge < -0.3 is 15.4 Å². The van der Waals surface area contributed by atoms with Crippen LogP contribution in [0.2, 0.25) is 0 Å². The third-order valence-electron chi connectivity index (χ3n) is 3.85. The van der Waals surface area contributed by atoms with Crippen molar-refractivity contribution in [1.82, 2.24) is 16.0 Å². The van der Waals surface area contributed by atoms with E-state index in [9.17, 15) is 14.4 Å². The van der Waals surface area contributed by atoms with Crippen LogP contribution in [0.4, 0.5) is 4.79 Å². The van der Waals surface area contributed by atoms with Crippen LogP contribution >= 0.6 is 0 Å². The first-order valence-electron chi connectivity index (χ1n) is 7.51. The van der Waals surface area contributed by atoms with Crippen molar-refractivity contribution in [2.45, 2.75) is 25.8 Å². The maximum Gasteiger partial charge on any atom is 0.321 e. The summed E-state index contributed by atoms with van der Waals surface area (Å²) in [5.74, 6) is -0.409. The van der Waals surface area contributed by atoms with Gasteiger partial charge in [0.25, 0.3) is 0 Å². The van der Waals surface area contributed by atoms with Crippen molar-refractivity contribution in [3.63, 3.8) is 0 Å². The number of benzene rings is 1.